The van der Waals surface area contributed by atoms with Gasteiger partial charge in [-0.2, -0.15) is 5.26 Å². The fourth-order valence-corrected chi connectivity index (χ4v) is 1.41. The maximum absolute atomic E-state index is 11.4. The third-order valence-corrected chi connectivity index (χ3v) is 2.48. The van der Waals surface area contributed by atoms with Crippen molar-refractivity contribution in [3.8, 4) is 6.07 Å². The maximum Gasteiger partial charge on any atom is 0.338 e. The van der Waals surface area contributed by atoms with Gasteiger partial charge in [-0.1, -0.05) is 0 Å². The molecule has 1 aromatic rings. The van der Waals surface area contributed by atoms with Crippen molar-refractivity contribution in [2.24, 2.45) is 0 Å². The summed E-state index contributed by atoms with van der Waals surface area (Å²) < 4.78 is 4.84. The summed E-state index contributed by atoms with van der Waals surface area (Å²) in [5.41, 5.74) is 1.59. The van der Waals surface area contributed by atoms with Crippen LogP contribution in [-0.2, 0) is 4.74 Å². The Labute approximate surface area is 94.1 Å². The Morgan fingerprint density at radius 1 is 1.60 bits per heavy atom. The second-order valence-electron chi connectivity index (χ2n) is 3.00. The second-order valence-corrected chi connectivity index (χ2v) is 3.48. The molecule has 0 aliphatic heterocycles. The van der Waals surface area contributed by atoms with E-state index in [1.54, 1.807) is 19.9 Å². The first-order valence-electron chi connectivity index (χ1n) is 4.51. The highest BCUT2D eigenvalue weighted by Crippen LogP contribution is 2.20. The van der Waals surface area contributed by atoms with Gasteiger partial charge in [0.15, 0.2) is 0 Å². The summed E-state index contributed by atoms with van der Waals surface area (Å²) in [6.07, 6.45) is 0. The van der Waals surface area contributed by atoms with Crippen LogP contribution in [0.5, 0.6) is 0 Å². The molecule has 3 nitrogen and oxygen atoms in total. The zero-order valence-corrected chi connectivity index (χ0v) is 9.47. The number of thiol groups is 1. The van der Waals surface area contributed by atoms with Crippen LogP contribution in [-0.4, -0.2) is 12.6 Å². The summed E-state index contributed by atoms with van der Waals surface area (Å²) in [6.45, 7) is 3.84. The number of carbonyl (C=O) groups is 1. The van der Waals surface area contributed by atoms with Gasteiger partial charge >= 0.3 is 5.97 Å². The van der Waals surface area contributed by atoms with Crippen molar-refractivity contribution < 1.29 is 9.53 Å². The van der Waals surface area contributed by atoms with E-state index in [4.69, 9.17) is 10.00 Å². The molecule has 0 heterocycles. The Morgan fingerprint density at radius 2 is 2.27 bits per heavy atom. The normalized spacial score (nSPS) is 9.47. The lowest BCUT2D eigenvalue weighted by atomic mass is 10.1. The van der Waals surface area contributed by atoms with E-state index in [9.17, 15) is 4.79 Å². The highest BCUT2D eigenvalue weighted by atomic mass is 32.1. The number of benzene rings is 1. The molecular formula is C11H11NO2S. The molecule has 0 atom stereocenters. The van der Waals surface area contributed by atoms with Gasteiger partial charge in [-0.3, -0.25) is 0 Å². The van der Waals surface area contributed by atoms with Gasteiger partial charge in [0.1, 0.15) is 0 Å². The average molecular weight is 221 g/mol. The quantitative estimate of drug-likeness (QED) is 0.616. The zero-order valence-electron chi connectivity index (χ0n) is 8.57. The Morgan fingerprint density at radius 3 is 2.80 bits per heavy atom. The highest BCUT2D eigenvalue weighted by molar-refractivity contribution is 7.80. The summed E-state index contributed by atoms with van der Waals surface area (Å²) in [4.78, 5) is 12.0. The van der Waals surface area contributed by atoms with Crippen LogP contribution in [0, 0.1) is 18.3 Å². The fraction of sp³-hybridized carbons (Fsp3) is 0.273. The molecule has 0 fully saturated rings. The van der Waals surface area contributed by atoms with Crippen molar-refractivity contribution >= 4 is 18.6 Å². The lowest BCUT2D eigenvalue weighted by Crippen LogP contribution is -2.05. The monoisotopic (exact) mass is 221 g/mol. The summed E-state index contributed by atoms with van der Waals surface area (Å²) >= 11 is 4.20. The molecule has 0 radical (unpaired) electrons. The van der Waals surface area contributed by atoms with Crippen molar-refractivity contribution in [1.29, 1.82) is 5.26 Å². The molecular weight excluding hydrogens is 210 g/mol. The molecule has 4 heteroatoms. The van der Waals surface area contributed by atoms with E-state index >= 15 is 0 Å². The van der Waals surface area contributed by atoms with Crippen LogP contribution in [0.1, 0.15) is 28.4 Å². The first-order chi connectivity index (χ1) is 7.10. The SMILES string of the molecule is CCOC(=O)c1cc(S)c(C)c(C#N)c1. The van der Waals surface area contributed by atoms with Crippen LogP contribution >= 0.6 is 12.6 Å². The standard InChI is InChI=1S/C11H11NO2S/c1-3-14-11(13)8-4-9(6-12)7(2)10(15)5-8/h4-5,15H,3H2,1-2H3. The van der Waals surface area contributed by atoms with Crippen LogP contribution < -0.4 is 0 Å². The van der Waals surface area contributed by atoms with E-state index in [0.29, 0.717) is 22.6 Å². The van der Waals surface area contributed by atoms with Gasteiger partial charge in [0.05, 0.1) is 23.8 Å². The second kappa shape index (κ2) is 4.85. The molecule has 0 amide bonds. The third-order valence-electron chi connectivity index (χ3n) is 2.01. The molecule has 1 rings (SSSR count). The predicted molar refractivity (Wildman–Crippen MR) is 59.1 cm³/mol. The molecule has 0 aromatic heterocycles. The number of ether oxygens (including phenoxy) is 1. The molecule has 0 N–H and O–H groups in total. The van der Waals surface area contributed by atoms with Crippen LogP contribution in [0.25, 0.3) is 0 Å². The minimum Gasteiger partial charge on any atom is -0.462 e. The van der Waals surface area contributed by atoms with Crippen molar-refractivity contribution in [2.45, 2.75) is 18.7 Å². The van der Waals surface area contributed by atoms with Crippen molar-refractivity contribution in [3.63, 3.8) is 0 Å². The van der Waals surface area contributed by atoms with Gasteiger partial charge in [0, 0.05) is 4.90 Å². The largest absolute Gasteiger partial charge is 0.462 e. The maximum atomic E-state index is 11.4. The first kappa shape index (κ1) is 11.6. The summed E-state index contributed by atoms with van der Waals surface area (Å²) in [6, 6.07) is 5.15. The molecule has 0 spiro atoms. The Kier molecular flexibility index (Phi) is 3.75. The number of nitrogens with zero attached hydrogens (tertiary/aromatic N) is 1. The van der Waals surface area contributed by atoms with Gasteiger partial charge in [-0.15, -0.1) is 12.6 Å². The lowest BCUT2D eigenvalue weighted by molar-refractivity contribution is 0.0526. The van der Waals surface area contributed by atoms with Crippen LogP contribution in [0.15, 0.2) is 17.0 Å². The third kappa shape index (κ3) is 2.51. The minimum atomic E-state index is -0.427. The average Bonchev–Trinajstić information content (AvgIpc) is 2.22. The number of esters is 1. The molecule has 1 aromatic carbocycles. The van der Waals surface area contributed by atoms with E-state index in [1.807, 2.05) is 6.07 Å². The van der Waals surface area contributed by atoms with E-state index < -0.39 is 5.97 Å². The van der Waals surface area contributed by atoms with Crippen molar-refractivity contribution in [1.82, 2.24) is 0 Å². The smallest absolute Gasteiger partial charge is 0.338 e. The van der Waals surface area contributed by atoms with Gasteiger partial charge in [-0.25, -0.2) is 4.79 Å². The van der Waals surface area contributed by atoms with E-state index in [-0.39, 0.29) is 0 Å². The summed E-state index contributed by atoms with van der Waals surface area (Å²) in [5, 5.41) is 8.84. The summed E-state index contributed by atoms with van der Waals surface area (Å²) in [7, 11) is 0. The van der Waals surface area contributed by atoms with E-state index in [2.05, 4.69) is 12.6 Å². The van der Waals surface area contributed by atoms with Crippen molar-refractivity contribution in [3.05, 3.63) is 28.8 Å². The van der Waals surface area contributed by atoms with Gasteiger partial charge in [0.2, 0.25) is 0 Å². The van der Waals surface area contributed by atoms with Crippen LogP contribution in [0.3, 0.4) is 0 Å². The number of nitriles is 1. The van der Waals surface area contributed by atoms with Crippen LogP contribution in [0.2, 0.25) is 0 Å². The Balaban J connectivity index is 3.18. The van der Waals surface area contributed by atoms with Gasteiger partial charge in [-0.05, 0) is 31.5 Å². The number of carbonyl (C=O) groups excluding carboxylic acids is 1. The van der Waals surface area contributed by atoms with E-state index in [0.717, 1.165) is 5.56 Å². The molecule has 0 aliphatic carbocycles. The Bertz CT molecular complexity index is 435. The molecule has 0 saturated heterocycles. The van der Waals surface area contributed by atoms with E-state index in [1.165, 1.54) is 6.07 Å². The predicted octanol–water partition coefficient (Wildman–Crippen LogP) is 2.33. The number of rotatable bonds is 2. The molecule has 0 unspecified atom stereocenters. The Hall–Kier alpha value is -1.47. The first-order valence-corrected chi connectivity index (χ1v) is 4.95. The van der Waals surface area contributed by atoms with Gasteiger partial charge < -0.3 is 4.74 Å². The molecule has 0 bridgehead atoms. The molecule has 0 aliphatic rings. The van der Waals surface area contributed by atoms with Crippen LogP contribution in [0.4, 0.5) is 0 Å². The van der Waals surface area contributed by atoms with Crippen molar-refractivity contribution in [2.75, 3.05) is 6.61 Å². The molecule has 15 heavy (non-hydrogen) atoms. The molecule has 78 valence electrons. The number of hydrogen-bond donors (Lipinski definition) is 1. The topological polar surface area (TPSA) is 50.1 Å². The fourth-order valence-electron chi connectivity index (χ4n) is 1.15. The zero-order chi connectivity index (χ0) is 11.4. The molecule has 0 saturated carbocycles. The minimum absolute atomic E-state index is 0.316. The lowest BCUT2D eigenvalue weighted by Gasteiger charge is -2.06. The van der Waals surface area contributed by atoms with Gasteiger partial charge in [0.25, 0.3) is 0 Å². The number of hydrogen-bond acceptors (Lipinski definition) is 4. The summed E-state index contributed by atoms with van der Waals surface area (Å²) in [5.74, 6) is -0.427. The highest BCUT2D eigenvalue weighted by Gasteiger charge is 2.11.